The number of ether oxygens (including phenoxy) is 1. The van der Waals surface area contributed by atoms with Crippen LogP contribution in [0.25, 0.3) is 0 Å². The number of anilines is 1. The van der Waals surface area contributed by atoms with Gasteiger partial charge < -0.3 is 14.2 Å². The van der Waals surface area contributed by atoms with Crippen LogP contribution in [0.1, 0.15) is 41.8 Å². The third kappa shape index (κ3) is 2.34. The lowest BCUT2D eigenvalue weighted by atomic mass is 10.1. The molecule has 4 rings (SSSR count). The van der Waals surface area contributed by atoms with Crippen molar-refractivity contribution in [2.75, 3.05) is 18.6 Å². The van der Waals surface area contributed by atoms with Gasteiger partial charge in [0.05, 0.1) is 12.1 Å². The SMILES string of the molecule is CO[C@@H]1C[C@@H](c2nnc3n2CCC3)N(c2ccc(C)c(C#N)n2)C1. The number of nitriles is 1. The van der Waals surface area contributed by atoms with Crippen molar-refractivity contribution < 1.29 is 4.74 Å². The van der Waals surface area contributed by atoms with Gasteiger partial charge in [-0.15, -0.1) is 10.2 Å². The Balaban J connectivity index is 1.73. The molecule has 0 aromatic carbocycles. The van der Waals surface area contributed by atoms with Gasteiger partial charge >= 0.3 is 0 Å². The Morgan fingerprint density at radius 2 is 2.21 bits per heavy atom. The van der Waals surface area contributed by atoms with E-state index < -0.39 is 0 Å². The van der Waals surface area contributed by atoms with Crippen LogP contribution in [-0.2, 0) is 17.7 Å². The minimum Gasteiger partial charge on any atom is -0.380 e. The molecule has 7 nitrogen and oxygen atoms in total. The summed E-state index contributed by atoms with van der Waals surface area (Å²) in [6.45, 7) is 3.62. The number of hydrogen-bond donors (Lipinski definition) is 0. The lowest BCUT2D eigenvalue weighted by Crippen LogP contribution is -2.27. The summed E-state index contributed by atoms with van der Waals surface area (Å²) in [5, 5.41) is 18.1. The van der Waals surface area contributed by atoms with Crippen LogP contribution in [-0.4, -0.2) is 39.5 Å². The zero-order chi connectivity index (χ0) is 16.7. The maximum absolute atomic E-state index is 9.28. The van der Waals surface area contributed by atoms with E-state index in [2.05, 4.69) is 30.7 Å². The molecule has 0 N–H and O–H groups in total. The second-order valence-corrected chi connectivity index (χ2v) is 6.44. The molecule has 2 aromatic rings. The Labute approximate surface area is 140 Å². The van der Waals surface area contributed by atoms with E-state index in [1.807, 2.05) is 19.1 Å². The molecule has 0 bridgehead atoms. The predicted molar refractivity (Wildman–Crippen MR) is 87.5 cm³/mol. The smallest absolute Gasteiger partial charge is 0.155 e. The molecule has 4 heterocycles. The molecule has 0 radical (unpaired) electrons. The summed E-state index contributed by atoms with van der Waals surface area (Å²) in [5.41, 5.74) is 1.36. The van der Waals surface area contributed by atoms with Crippen LogP contribution in [0.15, 0.2) is 12.1 Å². The zero-order valence-electron chi connectivity index (χ0n) is 13.9. The summed E-state index contributed by atoms with van der Waals surface area (Å²) >= 11 is 0. The summed E-state index contributed by atoms with van der Waals surface area (Å²) in [6.07, 6.45) is 3.10. The zero-order valence-corrected chi connectivity index (χ0v) is 13.9. The van der Waals surface area contributed by atoms with Crippen molar-refractivity contribution in [1.82, 2.24) is 19.7 Å². The maximum atomic E-state index is 9.28. The van der Waals surface area contributed by atoms with Crippen LogP contribution in [0.2, 0.25) is 0 Å². The second-order valence-electron chi connectivity index (χ2n) is 6.44. The molecule has 7 heteroatoms. The monoisotopic (exact) mass is 324 g/mol. The number of nitrogens with zero attached hydrogens (tertiary/aromatic N) is 6. The molecule has 0 saturated carbocycles. The molecule has 0 aliphatic carbocycles. The standard InChI is InChI=1S/C17H20N6O/c1-11-5-6-15(19-13(11)9-18)23-10-12(24-2)8-14(23)17-21-20-16-4-3-7-22(16)17/h5-6,12,14H,3-4,7-8,10H2,1-2H3/t12-,14+/m1/s1. The first-order chi connectivity index (χ1) is 11.7. The number of rotatable bonds is 3. The first-order valence-electron chi connectivity index (χ1n) is 8.30. The molecule has 1 fully saturated rings. The van der Waals surface area contributed by atoms with Gasteiger partial charge in [0, 0.05) is 33.0 Å². The molecule has 1 saturated heterocycles. The van der Waals surface area contributed by atoms with E-state index in [9.17, 15) is 5.26 Å². The minimum absolute atomic E-state index is 0.0797. The van der Waals surface area contributed by atoms with E-state index in [0.717, 1.165) is 55.4 Å². The lowest BCUT2D eigenvalue weighted by molar-refractivity contribution is 0.118. The normalized spacial score (nSPS) is 22.6. The van der Waals surface area contributed by atoms with Crippen molar-refractivity contribution in [2.45, 2.75) is 44.9 Å². The molecule has 0 amide bonds. The number of methoxy groups -OCH3 is 1. The van der Waals surface area contributed by atoms with E-state index in [1.54, 1.807) is 7.11 Å². The van der Waals surface area contributed by atoms with Gasteiger partial charge in [-0.1, -0.05) is 6.07 Å². The van der Waals surface area contributed by atoms with Crippen LogP contribution in [0.4, 0.5) is 5.82 Å². The summed E-state index contributed by atoms with van der Waals surface area (Å²) in [5.74, 6) is 2.86. The van der Waals surface area contributed by atoms with Gasteiger partial charge in [-0.25, -0.2) is 4.98 Å². The van der Waals surface area contributed by atoms with E-state index in [0.29, 0.717) is 5.69 Å². The predicted octanol–water partition coefficient (Wildman–Crippen LogP) is 1.77. The molecular weight excluding hydrogens is 304 g/mol. The van der Waals surface area contributed by atoms with Crippen molar-refractivity contribution in [3.8, 4) is 6.07 Å². The van der Waals surface area contributed by atoms with Gasteiger partial charge in [0.15, 0.2) is 5.82 Å². The molecule has 2 aliphatic rings. The first-order valence-corrected chi connectivity index (χ1v) is 8.30. The van der Waals surface area contributed by atoms with E-state index in [1.165, 1.54) is 0 Å². The van der Waals surface area contributed by atoms with Crippen LogP contribution in [0.3, 0.4) is 0 Å². The number of hydrogen-bond acceptors (Lipinski definition) is 6. The molecule has 24 heavy (non-hydrogen) atoms. The van der Waals surface area contributed by atoms with Gasteiger partial charge in [-0.3, -0.25) is 0 Å². The molecule has 2 aliphatic heterocycles. The van der Waals surface area contributed by atoms with Crippen molar-refractivity contribution in [3.05, 3.63) is 35.0 Å². The molecule has 2 aromatic heterocycles. The number of fused-ring (bicyclic) bond motifs is 1. The van der Waals surface area contributed by atoms with Crippen molar-refractivity contribution >= 4 is 5.82 Å². The van der Waals surface area contributed by atoms with Crippen molar-refractivity contribution in [1.29, 1.82) is 5.26 Å². The number of aryl methyl sites for hydroxylation is 2. The summed E-state index contributed by atoms with van der Waals surface area (Å²) in [7, 11) is 1.74. The van der Waals surface area contributed by atoms with Crippen molar-refractivity contribution in [2.24, 2.45) is 0 Å². The molecule has 124 valence electrons. The maximum Gasteiger partial charge on any atom is 0.155 e. The highest BCUT2D eigenvalue weighted by molar-refractivity contribution is 5.47. The van der Waals surface area contributed by atoms with E-state index in [4.69, 9.17) is 4.74 Å². The third-order valence-electron chi connectivity index (χ3n) is 5.01. The van der Waals surface area contributed by atoms with Crippen molar-refractivity contribution in [3.63, 3.8) is 0 Å². The molecule has 0 unspecified atom stereocenters. The second kappa shape index (κ2) is 5.87. The Kier molecular flexibility index (Phi) is 3.69. The fraction of sp³-hybridized carbons (Fsp3) is 0.529. The highest BCUT2D eigenvalue weighted by Gasteiger charge is 2.38. The largest absolute Gasteiger partial charge is 0.380 e. The van der Waals surface area contributed by atoms with Crippen LogP contribution in [0.5, 0.6) is 0 Å². The molecular formula is C17H20N6O. The minimum atomic E-state index is 0.0797. The van der Waals surface area contributed by atoms with E-state index >= 15 is 0 Å². The third-order valence-corrected chi connectivity index (χ3v) is 5.01. The molecule has 0 spiro atoms. The van der Waals surface area contributed by atoms with Crippen LogP contribution < -0.4 is 4.90 Å². The number of aromatic nitrogens is 4. The quantitative estimate of drug-likeness (QED) is 0.856. The van der Waals surface area contributed by atoms with Gasteiger partial charge in [-0.05, 0) is 25.0 Å². The fourth-order valence-electron chi connectivity index (χ4n) is 3.68. The highest BCUT2D eigenvalue weighted by Crippen LogP contribution is 2.37. The highest BCUT2D eigenvalue weighted by atomic mass is 16.5. The Morgan fingerprint density at radius 3 is 3.00 bits per heavy atom. The van der Waals surface area contributed by atoms with Crippen LogP contribution in [0, 0.1) is 18.3 Å². The molecule has 2 atom stereocenters. The van der Waals surface area contributed by atoms with Crippen LogP contribution >= 0.6 is 0 Å². The van der Waals surface area contributed by atoms with Gasteiger partial charge in [-0.2, -0.15) is 5.26 Å². The Bertz CT molecular complexity index is 808. The lowest BCUT2D eigenvalue weighted by Gasteiger charge is -2.25. The summed E-state index contributed by atoms with van der Waals surface area (Å²) in [4.78, 5) is 6.75. The Morgan fingerprint density at radius 1 is 1.33 bits per heavy atom. The summed E-state index contributed by atoms with van der Waals surface area (Å²) in [6, 6.07) is 6.18. The van der Waals surface area contributed by atoms with Gasteiger partial charge in [0.1, 0.15) is 23.4 Å². The Hall–Kier alpha value is -2.46. The van der Waals surface area contributed by atoms with E-state index in [-0.39, 0.29) is 12.1 Å². The topological polar surface area (TPSA) is 79.9 Å². The van der Waals surface area contributed by atoms with Gasteiger partial charge in [0.2, 0.25) is 0 Å². The van der Waals surface area contributed by atoms with Gasteiger partial charge in [0.25, 0.3) is 0 Å². The average molecular weight is 324 g/mol. The first kappa shape index (κ1) is 15.1. The summed E-state index contributed by atoms with van der Waals surface area (Å²) < 4.78 is 7.83. The average Bonchev–Trinajstić information content (AvgIpc) is 3.30. The fourth-order valence-corrected chi connectivity index (χ4v) is 3.68. The number of pyridine rings is 1.